The Hall–Kier alpha value is -4.96. The number of hydrogen-bond acceptors (Lipinski definition) is 4. The first-order valence-electron chi connectivity index (χ1n) is 13.2. The van der Waals surface area contributed by atoms with Crippen LogP contribution in [0.3, 0.4) is 0 Å². The Kier molecular flexibility index (Phi) is 5.56. The van der Waals surface area contributed by atoms with Gasteiger partial charge in [0.2, 0.25) is 0 Å². The highest BCUT2D eigenvalue weighted by Crippen LogP contribution is 2.52. The third-order valence-corrected chi connectivity index (χ3v) is 8.61. The van der Waals surface area contributed by atoms with Crippen molar-refractivity contribution in [2.45, 2.75) is 27.7 Å². The molecule has 0 unspecified atom stereocenters. The molecule has 0 aromatic heterocycles. The monoisotopic (exact) mass is 526 g/mol. The molecule has 0 aliphatic rings. The van der Waals surface area contributed by atoms with Crippen molar-refractivity contribution in [1.29, 1.82) is 0 Å². The highest BCUT2D eigenvalue weighted by Gasteiger charge is 2.26. The number of phenols is 4. The predicted octanol–water partition coefficient (Wildman–Crippen LogP) is 9.31. The minimum atomic E-state index is 0.0709. The second-order valence-electron chi connectivity index (χ2n) is 10.5. The lowest BCUT2D eigenvalue weighted by Crippen LogP contribution is -1.97. The van der Waals surface area contributed by atoms with Crippen molar-refractivity contribution in [3.63, 3.8) is 0 Å². The van der Waals surface area contributed by atoms with Gasteiger partial charge in [-0.25, -0.2) is 0 Å². The van der Waals surface area contributed by atoms with Crippen LogP contribution in [0.5, 0.6) is 23.0 Å². The van der Waals surface area contributed by atoms with Crippen molar-refractivity contribution in [1.82, 2.24) is 0 Å². The molecule has 40 heavy (non-hydrogen) atoms. The van der Waals surface area contributed by atoms with E-state index in [9.17, 15) is 20.4 Å². The van der Waals surface area contributed by atoms with E-state index in [2.05, 4.69) is 13.2 Å². The van der Waals surface area contributed by atoms with Gasteiger partial charge in [0.05, 0.1) is 0 Å². The largest absolute Gasteiger partial charge is 0.508 e. The van der Waals surface area contributed by atoms with E-state index in [1.54, 1.807) is 24.3 Å². The van der Waals surface area contributed by atoms with E-state index in [1.807, 2.05) is 64.1 Å². The van der Waals surface area contributed by atoms with Gasteiger partial charge in [-0.2, -0.15) is 0 Å². The lowest BCUT2D eigenvalue weighted by atomic mass is 9.82. The Morgan fingerprint density at radius 3 is 1.12 bits per heavy atom. The van der Waals surface area contributed by atoms with Crippen LogP contribution in [0.1, 0.15) is 33.4 Å². The second-order valence-corrected chi connectivity index (χ2v) is 10.5. The smallest absolute Gasteiger partial charge is 0.127 e. The summed E-state index contributed by atoms with van der Waals surface area (Å²) in [7, 11) is 0. The van der Waals surface area contributed by atoms with E-state index < -0.39 is 0 Å². The molecule has 0 atom stereocenters. The van der Waals surface area contributed by atoms with Crippen LogP contribution in [-0.2, 0) is 0 Å². The van der Waals surface area contributed by atoms with Gasteiger partial charge in [0.15, 0.2) is 0 Å². The Labute approximate surface area is 232 Å². The molecule has 6 aromatic carbocycles. The van der Waals surface area contributed by atoms with Gasteiger partial charge in [-0.3, -0.25) is 0 Å². The van der Waals surface area contributed by atoms with Crippen LogP contribution in [0.4, 0.5) is 0 Å². The minimum absolute atomic E-state index is 0.0709. The molecule has 0 bridgehead atoms. The summed E-state index contributed by atoms with van der Waals surface area (Å²) in [5.41, 5.74) is 5.49. The number of aromatic hydroxyl groups is 4. The quantitative estimate of drug-likeness (QED) is 0.173. The van der Waals surface area contributed by atoms with Crippen LogP contribution in [0.15, 0.2) is 61.7 Å². The fourth-order valence-corrected chi connectivity index (χ4v) is 6.36. The van der Waals surface area contributed by atoms with Crippen molar-refractivity contribution in [3.8, 4) is 34.1 Å². The van der Waals surface area contributed by atoms with E-state index in [1.165, 1.54) is 0 Å². The van der Waals surface area contributed by atoms with E-state index in [-0.39, 0.29) is 23.0 Å². The fraction of sp³-hybridized carbons (Fsp3) is 0.111. The van der Waals surface area contributed by atoms with E-state index in [0.29, 0.717) is 22.3 Å². The summed E-state index contributed by atoms with van der Waals surface area (Å²) >= 11 is 0. The number of rotatable bonds is 3. The summed E-state index contributed by atoms with van der Waals surface area (Å²) in [4.78, 5) is 0. The topological polar surface area (TPSA) is 80.9 Å². The Bertz CT molecular complexity index is 1960. The molecule has 0 radical (unpaired) electrons. The van der Waals surface area contributed by atoms with Crippen molar-refractivity contribution in [2.75, 3.05) is 0 Å². The maximum atomic E-state index is 11.8. The van der Waals surface area contributed by atoms with Gasteiger partial charge in [-0.15, -0.1) is 0 Å². The van der Waals surface area contributed by atoms with Gasteiger partial charge in [0.1, 0.15) is 23.0 Å². The van der Waals surface area contributed by atoms with Gasteiger partial charge >= 0.3 is 0 Å². The molecule has 198 valence electrons. The lowest BCUT2D eigenvalue weighted by molar-refractivity contribution is 0.466. The Morgan fingerprint density at radius 2 is 0.775 bits per heavy atom. The average molecular weight is 527 g/mol. The van der Waals surface area contributed by atoms with Gasteiger partial charge in [0, 0.05) is 11.1 Å². The number of aryl methyl sites for hydroxylation is 2. The van der Waals surface area contributed by atoms with Gasteiger partial charge in [0.25, 0.3) is 0 Å². The maximum Gasteiger partial charge on any atom is 0.127 e. The molecule has 6 rings (SSSR count). The summed E-state index contributed by atoms with van der Waals surface area (Å²) < 4.78 is 0. The van der Waals surface area contributed by atoms with Gasteiger partial charge in [-0.1, -0.05) is 61.7 Å². The zero-order valence-electron chi connectivity index (χ0n) is 23.0. The number of phenolic OH excluding ortho intramolecular Hbond substituents is 4. The van der Waals surface area contributed by atoms with Crippen LogP contribution in [0, 0.1) is 27.7 Å². The molecule has 4 N–H and O–H groups in total. The highest BCUT2D eigenvalue weighted by molar-refractivity contribution is 6.24. The molecule has 0 saturated heterocycles. The van der Waals surface area contributed by atoms with Crippen LogP contribution in [-0.4, -0.2) is 20.4 Å². The molecule has 0 aliphatic carbocycles. The second kappa shape index (κ2) is 8.78. The van der Waals surface area contributed by atoms with Crippen molar-refractivity contribution >= 4 is 55.2 Å². The van der Waals surface area contributed by atoms with Crippen molar-refractivity contribution < 1.29 is 20.4 Å². The normalized spacial score (nSPS) is 11.6. The summed E-state index contributed by atoms with van der Waals surface area (Å²) in [6.07, 6.45) is 3.49. The standard InChI is InChI=1S/C36H30O4/c1-7-21-19(5)35(39)33(27-11-9-23-17(3)29(37)15-13-25(23)31(21)27)34-28-12-10-24-18(4)30(38)16-14-26(24)32(28)22(8-2)20(6)36(34)40/h7-16,37-40H,1-2H2,3-6H3. The Morgan fingerprint density at radius 1 is 0.450 bits per heavy atom. The zero-order valence-corrected chi connectivity index (χ0v) is 23.0. The summed E-state index contributed by atoms with van der Waals surface area (Å²) in [5.74, 6) is 0.577. The number of benzene rings is 6. The molecule has 0 spiro atoms. The van der Waals surface area contributed by atoms with E-state index >= 15 is 0 Å². The molecule has 4 heteroatoms. The van der Waals surface area contributed by atoms with E-state index in [4.69, 9.17) is 0 Å². The fourth-order valence-electron chi connectivity index (χ4n) is 6.36. The average Bonchev–Trinajstić information content (AvgIpc) is 2.95. The molecular formula is C36H30O4. The van der Waals surface area contributed by atoms with Crippen LogP contribution >= 0.6 is 0 Å². The zero-order chi connectivity index (χ0) is 28.6. The molecule has 0 heterocycles. The predicted molar refractivity (Wildman–Crippen MR) is 168 cm³/mol. The van der Waals surface area contributed by atoms with E-state index in [0.717, 1.165) is 65.3 Å². The molecule has 0 saturated carbocycles. The van der Waals surface area contributed by atoms with Crippen LogP contribution in [0.25, 0.3) is 66.4 Å². The third kappa shape index (κ3) is 3.19. The minimum Gasteiger partial charge on any atom is -0.508 e. The SMILES string of the molecule is C=Cc1c(C)c(O)c(-c2c(O)c(C)c(C=C)c3c2ccc2c(C)c(O)ccc23)c2ccc3c(C)c(O)ccc3c12. The Balaban J connectivity index is 1.90. The van der Waals surface area contributed by atoms with Crippen LogP contribution < -0.4 is 0 Å². The summed E-state index contributed by atoms with van der Waals surface area (Å²) in [6, 6.07) is 14.9. The molecule has 4 nitrogen and oxygen atoms in total. The molecule has 0 aliphatic heterocycles. The first-order chi connectivity index (χ1) is 19.1. The maximum absolute atomic E-state index is 11.8. The molecule has 0 fully saturated rings. The number of hydrogen-bond donors (Lipinski definition) is 4. The third-order valence-electron chi connectivity index (χ3n) is 8.61. The van der Waals surface area contributed by atoms with Gasteiger partial charge in [-0.05, 0) is 116 Å². The molecule has 0 amide bonds. The highest BCUT2D eigenvalue weighted by atomic mass is 16.3. The molecular weight excluding hydrogens is 496 g/mol. The summed E-state index contributed by atoms with van der Waals surface area (Å²) in [6.45, 7) is 15.6. The van der Waals surface area contributed by atoms with Crippen LogP contribution in [0.2, 0.25) is 0 Å². The first-order valence-corrected chi connectivity index (χ1v) is 13.2. The summed E-state index contributed by atoms with van der Waals surface area (Å²) in [5, 5.41) is 51.3. The number of fused-ring (bicyclic) bond motifs is 6. The first kappa shape index (κ1) is 25.3. The van der Waals surface area contributed by atoms with Gasteiger partial charge < -0.3 is 20.4 Å². The van der Waals surface area contributed by atoms with Crippen molar-refractivity contribution in [3.05, 3.63) is 95.1 Å². The molecule has 6 aromatic rings. The van der Waals surface area contributed by atoms with Crippen molar-refractivity contribution in [2.24, 2.45) is 0 Å². The lowest BCUT2D eigenvalue weighted by Gasteiger charge is -2.22.